The summed E-state index contributed by atoms with van der Waals surface area (Å²) in [6.45, 7) is 6.86. The second kappa shape index (κ2) is 10.5. The third kappa shape index (κ3) is 4.41. The van der Waals surface area contributed by atoms with Gasteiger partial charge in [0.2, 0.25) is 0 Å². The molecule has 7 heteroatoms. The molecular formula is C33H38N4O3. The van der Waals surface area contributed by atoms with Crippen molar-refractivity contribution < 1.29 is 9.84 Å². The summed E-state index contributed by atoms with van der Waals surface area (Å²) in [5.41, 5.74) is 3.34. The first-order chi connectivity index (χ1) is 19.6. The molecule has 2 N–H and O–H groups in total. The second-order valence-corrected chi connectivity index (χ2v) is 11.6. The van der Waals surface area contributed by atoms with Crippen LogP contribution in [0.25, 0.3) is 43.5 Å². The van der Waals surface area contributed by atoms with Crippen molar-refractivity contribution in [3.8, 4) is 11.5 Å². The number of aromatic hydroxyl groups is 1. The highest BCUT2D eigenvalue weighted by Gasteiger charge is 2.25. The average Bonchev–Trinajstić information content (AvgIpc) is 3.31. The van der Waals surface area contributed by atoms with E-state index in [1.54, 1.807) is 25.3 Å². The van der Waals surface area contributed by atoms with Crippen LogP contribution >= 0.6 is 0 Å². The van der Waals surface area contributed by atoms with Crippen molar-refractivity contribution in [2.75, 3.05) is 39.8 Å². The monoisotopic (exact) mass is 538 g/mol. The molecule has 3 aromatic carbocycles. The molecule has 7 rings (SSSR count). The number of nitrogens with one attached hydrogen (secondary N) is 1. The number of pyridine rings is 1. The van der Waals surface area contributed by atoms with Crippen molar-refractivity contribution in [1.82, 2.24) is 19.4 Å². The molecule has 0 radical (unpaired) electrons. The van der Waals surface area contributed by atoms with Gasteiger partial charge in [-0.05, 0) is 101 Å². The van der Waals surface area contributed by atoms with E-state index in [4.69, 9.17) is 4.74 Å². The van der Waals surface area contributed by atoms with Crippen molar-refractivity contribution in [2.24, 2.45) is 0 Å². The molecule has 5 aromatic rings. The van der Waals surface area contributed by atoms with Crippen LogP contribution in [0.1, 0.15) is 38.5 Å². The third-order valence-electron chi connectivity index (χ3n) is 9.31. The van der Waals surface area contributed by atoms with Gasteiger partial charge in [-0.3, -0.25) is 4.79 Å². The first-order valence-corrected chi connectivity index (χ1v) is 14.8. The van der Waals surface area contributed by atoms with E-state index in [9.17, 15) is 9.90 Å². The molecule has 0 spiro atoms. The van der Waals surface area contributed by atoms with Crippen molar-refractivity contribution >= 4 is 43.5 Å². The van der Waals surface area contributed by atoms with Gasteiger partial charge in [-0.2, -0.15) is 0 Å². The number of phenolic OH excluding ortho intramolecular Hbond substituents is 1. The Morgan fingerprint density at radius 2 is 1.68 bits per heavy atom. The van der Waals surface area contributed by atoms with Gasteiger partial charge in [0.15, 0.2) is 16.9 Å². The number of rotatable bonds is 6. The lowest BCUT2D eigenvalue weighted by Gasteiger charge is -2.40. The number of hydrogen-bond donors (Lipinski definition) is 2. The van der Waals surface area contributed by atoms with Crippen molar-refractivity contribution in [2.45, 2.75) is 51.1 Å². The summed E-state index contributed by atoms with van der Waals surface area (Å²) < 4.78 is 7.92. The summed E-state index contributed by atoms with van der Waals surface area (Å²) in [6.07, 6.45) is 9.67. The minimum Gasteiger partial charge on any atom is -0.504 e. The van der Waals surface area contributed by atoms with E-state index in [1.165, 1.54) is 58.3 Å². The predicted molar refractivity (Wildman–Crippen MR) is 163 cm³/mol. The lowest BCUT2D eigenvalue weighted by molar-refractivity contribution is 0.0917. The summed E-state index contributed by atoms with van der Waals surface area (Å²) in [5.74, 6) is 0.598. The highest BCUT2D eigenvalue weighted by Crippen LogP contribution is 2.39. The number of benzene rings is 3. The number of aromatic nitrogens is 2. The molecule has 0 atom stereocenters. The fourth-order valence-electron chi connectivity index (χ4n) is 7.27. The number of piperidine rings is 2. The predicted octanol–water partition coefficient (Wildman–Crippen LogP) is 5.84. The highest BCUT2D eigenvalue weighted by molar-refractivity contribution is 6.21. The van der Waals surface area contributed by atoms with Gasteiger partial charge in [0.1, 0.15) is 0 Å². The molecule has 2 aromatic heterocycles. The number of likely N-dealkylation sites (tertiary alicyclic amines) is 2. The maximum Gasteiger partial charge on any atom is 0.179 e. The average molecular weight is 539 g/mol. The highest BCUT2D eigenvalue weighted by atomic mass is 16.5. The Labute approximate surface area is 233 Å². The van der Waals surface area contributed by atoms with E-state index in [0.29, 0.717) is 5.75 Å². The molecule has 40 heavy (non-hydrogen) atoms. The number of ether oxygens (including phenoxy) is 1. The first kappa shape index (κ1) is 25.4. The number of hydrogen-bond acceptors (Lipinski definition) is 5. The van der Waals surface area contributed by atoms with Crippen LogP contribution in [0.5, 0.6) is 11.5 Å². The number of nitrogens with zero attached hydrogens (tertiary/aromatic N) is 3. The second-order valence-electron chi connectivity index (χ2n) is 11.6. The number of methoxy groups -OCH3 is 1. The van der Waals surface area contributed by atoms with E-state index in [1.807, 2.05) is 24.4 Å². The van der Waals surface area contributed by atoms with Crippen molar-refractivity contribution in [3.05, 3.63) is 58.9 Å². The lowest BCUT2D eigenvalue weighted by atomic mass is 10.00. The largest absolute Gasteiger partial charge is 0.504 e. The molecule has 2 fully saturated rings. The Bertz CT molecular complexity index is 1760. The molecule has 2 saturated heterocycles. The van der Waals surface area contributed by atoms with E-state index in [-0.39, 0.29) is 11.2 Å². The molecule has 7 nitrogen and oxygen atoms in total. The lowest BCUT2D eigenvalue weighted by Crippen LogP contribution is -2.46. The van der Waals surface area contributed by atoms with Gasteiger partial charge in [-0.25, -0.2) is 0 Å². The molecule has 0 unspecified atom stereocenters. The van der Waals surface area contributed by atoms with Gasteiger partial charge in [0, 0.05) is 40.3 Å². The smallest absolute Gasteiger partial charge is 0.179 e. The molecule has 0 saturated carbocycles. The Morgan fingerprint density at radius 1 is 0.875 bits per heavy atom. The number of aryl methyl sites for hydroxylation is 1. The summed E-state index contributed by atoms with van der Waals surface area (Å²) in [6, 6.07) is 14.0. The van der Waals surface area contributed by atoms with E-state index < -0.39 is 0 Å². The summed E-state index contributed by atoms with van der Waals surface area (Å²) in [4.78, 5) is 21.1. The number of fused-ring (bicyclic) bond motifs is 7. The maximum atomic E-state index is 12.2. The van der Waals surface area contributed by atoms with E-state index in [0.717, 1.165) is 69.0 Å². The Morgan fingerprint density at radius 3 is 2.48 bits per heavy atom. The quantitative estimate of drug-likeness (QED) is 0.284. The Kier molecular flexibility index (Phi) is 6.64. The molecule has 4 heterocycles. The fraction of sp³-hybridized carbons (Fsp3) is 0.424. The molecule has 0 amide bonds. The summed E-state index contributed by atoms with van der Waals surface area (Å²) >= 11 is 0. The minimum atomic E-state index is 0.0275. The number of phenols is 1. The van der Waals surface area contributed by atoms with Gasteiger partial charge in [0.25, 0.3) is 0 Å². The number of aromatic amines is 1. The molecule has 2 aliphatic heterocycles. The van der Waals surface area contributed by atoms with Crippen LogP contribution in [-0.4, -0.2) is 70.3 Å². The van der Waals surface area contributed by atoms with E-state index >= 15 is 0 Å². The van der Waals surface area contributed by atoms with Crippen LogP contribution in [0.4, 0.5) is 0 Å². The zero-order valence-electron chi connectivity index (χ0n) is 23.3. The molecule has 0 bridgehead atoms. The first-order valence-electron chi connectivity index (χ1n) is 14.8. The topological polar surface area (TPSA) is 73.7 Å². The summed E-state index contributed by atoms with van der Waals surface area (Å²) in [7, 11) is 1.59. The number of H-pyrrole nitrogens is 1. The van der Waals surface area contributed by atoms with Crippen LogP contribution in [0, 0.1) is 0 Å². The molecule has 208 valence electrons. The SMILES string of the molecule is COc1cc2c(c[nH]c3c4ccc5cc(=O)ccc5c4n(CCCN4CCC(N5CCCCC5)CC4)c23)cc1O. The van der Waals surface area contributed by atoms with Crippen LogP contribution in [0.3, 0.4) is 0 Å². The van der Waals surface area contributed by atoms with Gasteiger partial charge in [0.05, 0.1) is 23.7 Å². The van der Waals surface area contributed by atoms with Crippen molar-refractivity contribution in [1.29, 1.82) is 0 Å². The normalized spacial score (nSPS) is 17.9. The summed E-state index contributed by atoms with van der Waals surface area (Å²) in [5, 5.41) is 15.6. The minimum absolute atomic E-state index is 0.0275. The van der Waals surface area contributed by atoms with Crippen LogP contribution < -0.4 is 10.2 Å². The molecule has 2 aliphatic rings. The van der Waals surface area contributed by atoms with Crippen LogP contribution in [0.2, 0.25) is 0 Å². The standard InChI is InChI=1S/C33H38N4O3/c1-40-30-20-28-23(19-29(30)39)21-34-31-27-8-6-22-18-25(38)7-9-26(22)32(27)37(33(28)31)15-5-12-35-16-10-24(11-17-35)36-13-3-2-4-14-36/h6-9,18-21,24,34,39H,2-5,10-17H2,1H3. The molecular weight excluding hydrogens is 500 g/mol. The van der Waals surface area contributed by atoms with Crippen LogP contribution in [-0.2, 0) is 6.54 Å². The Hall–Kier alpha value is -3.55. The Balaban J connectivity index is 1.24. The zero-order valence-corrected chi connectivity index (χ0v) is 23.3. The maximum absolute atomic E-state index is 12.2. The van der Waals surface area contributed by atoms with Crippen molar-refractivity contribution in [3.63, 3.8) is 0 Å². The van der Waals surface area contributed by atoms with Gasteiger partial charge >= 0.3 is 0 Å². The van der Waals surface area contributed by atoms with Gasteiger partial charge in [-0.15, -0.1) is 0 Å². The van der Waals surface area contributed by atoms with Gasteiger partial charge < -0.3 is 29.2 Å². The van der Waals surface area contributed by atoms with Crippen LogP contribution in [0.15, 0.2) is 53.5 Å². The zero-order chi connectivity index (χ0) is 27.2. The van der Waals surface area contributed by atoms with Gasteiger partial charge in [-0.1, -0.05) is 18.6 Å². The molecule has 0 aliphatic carbocycles. The van der Waals surface area contributed by atoms with E-state index in [2.05, 4.69) is 25.4 Å². The third-order valence-corrected chi connectivity index (χ3v) is 9.31. The fourth-order valence-corrected chi connectivity index (χ4v) is 7.27.